The minimum atomic E-state index is -0.541. The molecule has 0 spiro atoms. The van der Waals surface area contributed by atoms with Gasteiger partial charge in [0.1, 0.15) is 12.2 Å². The molecular formula is C19H29NO4. The molecule has 1 aromatic carbocycles. The average Bonchev–Trinajstić information content (AvgIpc) is 2.48. The van der Waals surface area contributed by atoms with Crippen LogP contribution in [0.5, 0.6) is 0 Å². The van der Waals surface area contributed by atoms with Crippen LogP contribution in [-0.2, 0) is 20.9 Å². The van der Waals surface area contributed by atoms with Crippen LogP contribution in [0.2, 0.25) is 0 Å². The van der Waals surface area contributed by atoms with Crippen molar-refractivity contribution >= 4 is 12.1 Å². The van der Waals surface area contributed by atoms with Crippen LogP contribution in [0.4, 0.5) is 4.79 Å². The maximum atomic E-state index is 11.9. The van der Waals surface area contributed by atoms with Crippen LogP contribution in [0.25, 0.3) is 0 Å². The van der Waals surface area contributed by atoms with Gasteiger partial charge in [-0.2, -0.15) is 0 Å². The summed E-state index contributed by atoms with van der Waals surface area (Å²) in [6.07, 6.45) is 0.314. The maximum absolute atomic E-state index is 11.9. The minimum absolute atomic E-state index is 0.135. The van der Waals surface area contributed by atoms with Gasteiger partial charge in [0.2, 0.25) is 0 Å². The monoisotopic (exact) mass is 335 g/mol. The van der Waals surface area contributed by atoms with E-state index in [1.807, 2.05) is 65.0 Å². The van der Waals surface area contributed by atoms with E-state index in [1.165, 1.54) is 0 Å². The number of carbonyl (C=O) groups is 2. The quantitative estimate of drug-likeness (QED) is 0.763. The lowest BCUT2D eigenvalue weighted by molar-refractivity contribution is -0.145. The fourth-order valence-electron chi connectivity index (χ4n) is 2.11. The number of alkyl carbamates (subject to hydrolysis) is 1. The number of nitrogens with one attached hydrogen (secondary N) is 1. The third kappa shape index (κ3) is 8.56. The molecule has 0 aliphatic rings. The van der Waals surface area contributed by atoms with Crippen molar-refractivity contribution in [1.82, 2.24) is 5.32 Å². The highest BCUT2D eigenvalue weighted by Crippen LogP contribution is 2.13. The summed E-state index contributed by atoms with van der Waals surface area (Å²) in [7, 11) is 0. The molecule has 1 atom stereocenters. The number of hydrogen-bond acceptors (Lipinski definition) is 4. The lowest BCUT2D eigenvalue weighted by Crippen LogP contribution is -2.42. The summed E-state index contributed by atoms with van der Waals surface area (Å²) >= 11 is 0. The molecule has 0 fully saturated rings. The van der Waals surface area contributed by atoms with Crippen molar-refractivity contribution in [1.29, 1.82) is 0 Å². The highest BCUT2D eigenvalue weighted by atomic mass is 16.6. The smallest absolute Gasteiger partial charge is 0.407 e. The molecule has 1 amide bonds. The predicted octanol–water partition coefficient (Wildman–Crippen LogP) is 4.06. The van der Waals surface area contributed by atoms with Gasteiger partial charge in [-0.05, 0) is 38.7 Å². The van der Waals surface area contributed by atoms with Crippen molar-refractivity contribution in [3.63, 3.8) is 0 Å². The van der Waals surface area contributed by atoms with Crippen LogP contribution in [0.3, 0.4) is 0 Å². The van der Waals surface area contributed by atoms with Gasteiger partial charge in [-0.25, -0.2) is 4.79 Å². The number of ether oxygens (including phenoxy) is 2. The molecular weight excluding hydrogens is 306 g/mol. The van der Waals surface area contributed by atoms with E-state index in [4.69, 9.17) is 9.47 Å². The van der Waals surface area contributed by atoms with Gasteiger partial charge in [0.15, 0.2) is 0 Å². The van der Waals surface area contributed by atoms with E-state index in [-0.39, 0.29) is 31.0 Å². The second-order valence-electron chi connectivity index (χ2n) is 7.18. The molecule has 0 unspecified atom stereocenters. The van der Waals surface area contributed by atoms with Gasteiger partial charge in [-0.15, -0.1) is 0 Å². The third-order valence-corrected chi connectivity index (χ3v) is 3.41. The zero-order valence-corrected chi connectivity index (χ0v) is 15.3. The molecule has 1 N–H and O–H groups in total. The summed E-state index contributed by atoms with van der Waals surface area (Å²) < 4.78 is 10.5. The molecule has 0 bridgehead atoms. The van der Waals surface area contributed by atoms with Crippen LogP contribution in [0, 0.1) is 5.92 Å². The van der Waals surface area contributed by atoms with Crippen molar-refractivity contribution < 1.29 is 19.1 Å². The Morgan fingerprint density at radius 1 is 1.12 bits per heavy atom. The second kappa shape index (κ2) is 9.30. The molecule has 134 valence electrons. The second-order valence-corrected chi connectivity index (χ2v) is 7.18. The Balaban J connectivity index is 2.39. The van der Waals surface area contributed by atoms with Crippen molar-refractivity contribution in [2.24, 2.45) is 5.92 Å². The highest BCUT2D eigenvalue weighted by Gasteiger charge is 2.22. The van der Waals surface area contributed by atoms with Crippen molar-refractivity contribution in [3.05, 3.63) is 35.9 Å². The van der Waals surface area contributed by atoms with E-state index in [2.05, 4.69) is 5.32 Å². The Kier molecular flexibility index (Phi) is 7.75. The fraction of sp³-hybridized carbons (Fsp3) is 0.579. The number of esters is 1. The summed E-state index contributed by atoms with van der Waals surface area (Å²) in [5, 5.41) is 2.83. The topological polar surface area (TPSA) is 64.6 Å². The van der Waals surface area contributed by atoms with Crippen LogP contribution >= 0.6 is 0 Å². The van der Waals surface area contributed by atoms with Gasteiger partial charge in [0.25, 0.3) is 0 Å². The largest absolute Gasteiger partial charge is 0.461 e. The number of hydrogen-bond donors (Lipinski definition) is 1. The minimum Gasteiger partial charge on any atom is -0.461 e. The van der Waals surface area contributed by atoms with Crippen molar-refractivity contribution in [2.75, 3.05) is 0 Å². The molecule has 1 rings (SSSR count). The maximum Gasteiger partial charge on any atom is 0.407 e. The molecule has 0 saturated heterocycles. The Hall–Kier alpha value is -2.04. The first kappa shape index (κ1) is 20.0. The molecule has 5 nitrogen and oxygen atoms in total. The number of rotatable bonds is 7. The van der Waals surface area contributed by atoms with Crippen LogP contribution in [0.15, 0.2) is 30.3 Å². The van der Waals surface area contributed by atoms with Crippen LogP contribution in [-0.4, -0.2) is 23.7 Å². The zero-order chi connectivity index (χ0) is 18.2. The summed E-state index contributed by atoms with van der Waals surface area (Å²) in [6, 6.07) is 9.42. The SMILES string of the molecule is CC(C)[C@H](CCC(=O)OCc1ccccc1)NC(=O)OC(C)(C)C. The molecule has 0 aliphatic carbocycles. The van der Waals surface area contributed by atoms with Gasteiger partial charge in [-0.1, -0.05) is 44.2 Å². The number of carbonyl (C=O) groups excluding carboxylic acids is 2. The first-order chi connectivity index (χ1) is 11.2. The van der Waals surface area contributed by atoms with Crippen molar-refractivity contribution in [3.8, 4) is 0 Å². The van der Waals surface area contributed by atoms with Gasteiger partial charge in [0, 0.05) is 12.5 Å². The summed E-state index contributed by atoms with van der Waals surface area (Å²) in [6.45, 7) is 9.72. The van der Waals surface area contributed by atoms with E-state index < -0.39 is 11.7 Å². The molecule has 0 saturated carbocycles. The lowest BCUT2D eigenvalue weighted by Gasteiger charge is -2.25. The van der Waals surface area contributed by atoms with Gasteiger partial charge < -0.3 is 14.8 Å². The van der Waals surface area contributed by atoms with Crippen LogP contribution in [0.1, 0.15) is 53.0 Å². The lowest BCUT2D eigenvalue weighted by atomic mass is 9.99. The number of benzene rings is 1. The third-order valence-electron chi connectivity index (χ3n) is 3.41. The normalized spacial score (nSPS) is 12.6. The molecule has 24 heavy (non-hydrogen) atoms. The molecule has 0 aliphatic heterocycles. The van der Waals surface area contributed by atoms with Gasteiger partial charge >= 0.3 is 12.1 Å². The van der Waals surface area contributed by atoms with E-state index in [1.54, 1.807) is 0 Å². The Bertz CT molecular complexity index is 520. The first-order valence-electron chi connectivity index (χ1n) is 8.36. The van der Waals surface area contributed by atoms with Gasteiger partial charge in [0.05, 0.1) is 0 Å². The summed E-state index contributed by atoms with van der Waals surface area (Å²) in [4.78, 5) is 23.8. The Morgan fingerprint density at radius 2 is 1.75 bits per heavy atom. The molecule has 0 heterocycles. The molecule has 0 aromatic heterocycles. The van der Waals surface area contributed by atoms with E-state index in [9.17, 15) is 9.59 Å². The van der Waals surface area contributed by atoms with E-state index >= 15 is 0 Å². The molecule has 5 heteroatoms. The zero-order valence-electron chi connectivity index (χ0n) is 15.3. The predicted molar refractivity (Wildman–Crippen MR) is 93.5 cm³/mol. The summed E-state index contributed by atoms with van der Waals surface area (Å²) in [5.74, 6) is -0.0741. The van der Waals surface area contributed by atoms with E-state index in [0.717, 1.165) is 5.56 Å². The Labute approximate surface area is 144 Å². The average molecular weight is 335 g/mol. The number of amides is 1. The Morgan fingerprint density at radius 3 is 2.29 bits per heavy atom. The first-order valence-corrected chi connectivity index (χ1v) is 8.36. The highest BCUT2D eigenvalue weighted by molar-refractivity contribution is 5.70. The fourth-order valence-corrected chi connectivity index (χ4v) is 2.11. The molecule has 1 aromatic rings. The van der Waals surface area contributed by atoms with Crippen LogP contribution < -0.4 is 5.32 Å². The molecule has 0 radical (unpaired) electrons. The standard InChI is InChI=1S/C19H29NO4/c1-14(2)16(20-18(22)24-19(3,4)5)11-12-17(21)23-13-15-9-7-6-8-10-15/h6-10,14,16H,11-13H2,1-5H3,(H,20,22)/t16-/m0/s1. The van der Waals surface area contributed by atoms with E-state index in [0.29, 0.717) is 6.42 Å². The summed E-state index contributed by atoms with van der Waals surface area (Å²) in [5.41, 5.74) is 0.415. The van der Waals surface area contributed by atoms with Gasteiger partial charge in [-0.3, -0.25) is 4.79 Å². The van der Waals surface area contributed by atoms with Crippen molar-refractivity contribution in [2.45, 2.75) is 65.7 Å².